The second kappa shape index (κ2) is 27.9. The fourth-order valence-corrected chi connectivity index (χ4v) is 8.48. The third-order valence-electron chi connectivity index (χ3n) is 10.7. The van der Waals surface area contributed by atoms with E-state index in [4.69, 9.17) is 67.0 Å². The van der Waals surface area contributed by atoms with E-state index in [0.29, 0.717) is 35.3 Å². The van der Waals surface area contributed by atoms with Crippen LogP contribution < -0.4 is 9.47 Å². The van der Waals surface area contributed by atoms with Gasteiger partial charge in [0.25, 0.3) is 5.91 Å². The molecule has 17 heteroatoms. The SMILES string of the molecule is CCC.CCCOc1ccc(-c2ccc3nc(Cl)[nH]c3c2)cc1CC.CP(C)(Cl)(Cl)Cl.CSc1ccc(C(=O)N2CCOc3ccc(-c4ccc5[nH]c(=S)[nH]c5c4)cc3C2)cc1.CSc1ccc(C(C)=O)cc1. The second-order valence-electron chi connectivity index (χ2n) is 17.4. The zero-order valence-electron chi connectivity index (χ0n) is 42.7. The van der Waals surface area contributed by atoms with Crippen molar-refractivity contribution in [1.29, 1.82) is 0 Å². The van der Waals surface area contributed by atoms with Crippen molar-refractivity contribution in [2.45, 2.75) is 70.2 Å². The van der Waals surface area contributed by atoms with E-state index < -0.39 is 4.66 Å². The van der Waals surface area contributed by atoms with Crippen LogP contribution in [0.2, 0.25) is 5.28 Å². The summed E-state index contributed by atoms with van der Waals surface area (Å²) in [5.74, 6) is 1.96. The average molecular weight is 1140 g/mol. The third kappa shape index (κ3) is 19.0. The predicted octanol–water partition coefficient (Wildman–Crippen LogP) is 18.2. The van der Waals surface area contributed by atoms with Gasteiger partial charge in [0.05, 0.1) is 35.2 Å². The van der Waals surface area contributed by atoms with Gasteiger partial charge < -0.3 is 29.3 Å². The molecule has 0 fully saturated rings. The smallest absolute Gasteiger partial charge is 0.254 e. The number of benzene rings is 6. The summed E-state index contributed by atoms with van der Waals surface area (Å²) in [6, 6.07) is 40.2. The zero-order valence-corrected chi connectivity index (χ0v) is 49.1. The molecule has 3 N–H and O–H groups in total. The van der Waals surface area contributed by atoms with Crippen molar-refractivity contribution < 1.29 is 19.1 Å². The minimum atomic E-state index is -2.63. The predicted molar refractivity (Wildman–Crippen MR) is 320 cm³/mol. The molecule has 9 nitrogen and oxygen atoms in total. The summed E-state index contributed by atoms with van der Waals surface area (Å²) in [5.41, 5.74) is 12.0. The Labute approximate surface area is 463 Å². The Bertz CT molecular complexity index is 3140. The number of Topliss-reactive ketones (excluding diaryl/α,β-unsaturated/α-hetero) is 1. The number of halogens is 4. The molecule has 1 aliphatic rings. The van der Waals surface area contributed by atoms with E-state index in [-0.39, 0.29) is 11.7 Å². The fraction of sp³-hybridized carbons (Fsp3) is 0.286. The van der Waals surface area contributed by atoms with Crippen LogP contribution in [0, 0.1) is 4.77 Å². The molecule has 3 heterocycles. The van der Waals surface area contributed by atoms with Crippen molar-refractivity contribution in [3.63, 3.8) is 0 Å². The number of carbonyl (C=O) groups excluding carboxylic acids is 2. The fourth-order valence-electron chi connectivity index (χ4n) is 7.25. The maximum atomic E-state index is 13.1. The molecule has 0 saturated heterocycles. The van der Waals surface area contributed by atoms with E-state index >= 15 is 0 Å². The van der Waals surface area contributed by atoms with Crippen LogP contribution in [0.3, 0.4) is 0 Å². The van der Waals surface area contributed by atoms with Gasteiger partial charge in [-0.05, 0) is 169 Å². The van der Waals surface area contributed by atoms with Crippen LogP contribution in [-0.4, -0.2) is 82.1 Å². The summed E-state index contributed by atoms with van der Waals surface area (Å²) in [7, 11) is 0. The Hall–Kier alpha value is -4.49. The van der Waals surface area contributed by atoms with Crippen molar-refractivity contribution in [2.75, 3.05) is 45.6 Å². The number of nitrogens with one attached hydrogen (secondary N) is 3. The van der Waals surface area contributed by atoms with Crippen LogP contribution in [0.25, 0.3) is 44.3 Å². The van der Waals surface area contributed by atoms with Gasteiger partial charge in [0, 0.05) is 33.0 Å². The maximum Gasteiger partial charge on any atom is 0.254 e. The molecule has 73 heavy (non-hydrogen) atoms. The number of nitrogens with zero attached hydrogens (tertiary/aromatic N) is 2. The molecule has 9 rings (SSSR count). The van der Waals surface area contributed by atoms with E-state index in [2.05, 4.69) is 102 Å². The molecular formula is C56H64Cl4N5O4PS3. The van der Waals surface area contributed by atoms with Crippen LogP contribution in [-0.2, 0) is 13.0 Å². The first kappa shape index (κ1) is 59.4. The average Bonchev–Trinajstić information content (AvgIpc) is 3.86. The number of aromatic nitrogens is 4. The molecule has 2 aromatic heterocycles. The number of ketones is 1. The number of H-pyrrole nitrogens is 3. The van der Waals surface area contributed by atoms with E-state index in [0.717, 1.165) is 85.7 Å². The largest absolute Gasteiger partial charge is 0.491 e. The number of fused-ring (bicyclic) bond motifs is 3. The number of aryl methyl sites for hydroxylation is 1. The van der Waals surface area contributed by atoms with E-state index in [1.54, 1.807) is 43.8 Å². The third-order valence-corrected chi connectivity index (χ3v) is 12.6. The van der Waals surface area contributed by atoms with Crippen molar-refractivity contribution in [2.24, 2.45) is 0 Å². The molecule has 0 atom stereocenters. The maximum absolute atomic E-state index is 13.1. The van der Waals surface area contributed by atoms with Crippen molar-refractivity contribution in [3.05, 3.63) is 154 Å². The van der Waals surface area contributed by atoms with Gasteiger partial charge in [-0.1, -0.05) is 70.5 Å². The summed E-state index contributed by atoms with van der Waals surface area (Å²) < 4.78 is 9.73. The molecule has 8 aromatic rings. The standard InChI is InChI=1S/C24H21N3O2S2.C18H19ClN2O.C9H10OS.C3H8.C2H6Cl3P/c1-31-19-6-2-15(3-7-19)23(28)27-10-11-29-22-9-5-16(12-18(22)14-27)17-4-8-20-21(13-17)26-24(30)25-20;1-3-9-22-17-8-6-13(10-12(17)4-2)14-5-7-15-16(11-14)21-18(19)20-15;1-7(10)8-3-5-9(11-2)6-4-8;1-3-2;1-6(2,3,4)5/h2-9,12-13H,10-11,14H2,1H3,(H2,25,26,30);5-8,10-11H,3-4,9H2,1-2H3,(H,20,21);3-6H,1-2H3;3H2,1-2H3;1-2H3. The Morgan fingerprint density at radius 1 is 0.726 bits per heavy atom. The van der Waals surface area contributed by atoms with Gasteiger partial charge in [-0.3, -0.25) is 9.59 Å². The van der Waals surface area contributed by atoms with Crippen LogP contribution in [0.1, 0.15) is 79.3 Å². The monoisotopic (exact) mass is 1140 g/mol. The van der Waals surface area contributed by atoms with E-state index in [1.807, 2.05) is 84.1 Å². The van der Waals surface area contributed by atoms with Crippen molar-refractivity contribution in [1.82, 2.24) is 24.8 Å². The number of carbonyl (C=O) groups is 2. The van der Waals surface area contributed by atoms with E-state index in [1.165, 1.54) is 22.4 Å². The molecule has 0 aliphatic carbocycles. The summed E-state index contributed by atoms with van der Waals surface area (Å²) >= 11 is 30.8. The topological polar surface area (TPSA) is 116 Å². The number of imidazole rings is 2. The number of thioether (sulfide) groups is 2. The molecule has 1 aliphatic heterocycles. The van der Waals surface area contributed by atoms with Gasteiger partial charge in [-0.25, -0.2) is 4.98 Å². The van der Waals surface area contributed by atoms with Gasteiger partial charge in [0.15, 0.2) is 10.6 Å². The Morgan fingerprint density at radius 3 is 1.85 bits per heavy atom. The quantitative estimate of drug-likeness (QED) is 0.0537. The summed E-state index contributed by atoms with van der Waals surface area (Å²) in [6.45, 7) is 15.7. The molecule has 6 aromatic carbocycles. The Balaban J connectivity index is 0.000000203. The molecule has 0 radical (unpaired) electrons. The molecule has 388 valence electrons. The molecule has 0 spiro atoms. The number of ether oxygens (including phenoxy) is 2. The Kier molecular flexibility index (Phi) is 22.7. The van der Waals surface area contributed by atoms with Crippen LogP contribution in [0.4, 0.5) is 0 Å². The summed E-state index contributed by atoms with van der Waals surface area (Å²) in [6.07, 6.45) is 7.26. The zero-order chi connectivity index (χ0) is 53.3. The second-order valence-corrected chi connectivity index (χ2v) is 33.9. The van der Waals surface area contributed by atoms with Crippen LogP contribution in [0.5, 0.6) is 11.5 Å². The molecule has 0 bridgehead atoms. The number of hydrogen-bond acceptors (Lipinski definition) is 8. The van der Waals surface area contributed by atoms with Crippen molar-refractivity contribution >= 4 is 119 Å². The van der Waals surface area contributed by atoms with Gasteiger partial charge in [-0.15, -0.1) is 23.5 Å². The summed E-state index contributed by atoms with van der Waals surface area (Å²) in [4.78, 5) is 41.7. The van der Waals surface area contributed by atoms with Crippen LogP contribution in [0.15, 0.2) is 131 Å². The first-order valence-electron chi connectivity index (χ1n) is 23.8. The first-order chi connectivity index (χ1) is 34.7. The normalized spacial score (nSPS) is 12.3. The molecule has 0 unspecified atom stereocenters. The van der Waals surface area contributed by atoms with Gasteiger partial charge in [-0.2, -0.15) is 0 Å². The molecule has 0 saturated carbocycles. The number of rotatable bonds is 10. The van der Waals surface area contributed by atoms with Gasteiger partial charge >= 0.3 is 51.7 Å². The van der Waals surface area contributed by atoms with Gasteiger partial charge in [0.1, 0.15) is 18.1 Å². The first-order valence-corrected chi connectivity index (χ1v) is 32.9. The Morgan fingerprint density at radius 2 is 1.26 bits per heavy atom. The number of aromatic amines is 3. The number of hydrogen-bond donors (Lipinski definition) is 3. The van der Waals surface area contributed by atoms with Crippen LogP contribution >= 0.6 is 85.7 Å². The van der Waals surface area contributed by atoms with E-state index in [9.17, 15) is 9.59 Å². The van der Waals surface area contributed by atoms with Crippen molar-refractivity contribution in [3.8, 4) is 33.8 Å². The number of amides is 1. The van der Waals surface area contributed by atoms with Gasteiger partial charge in [0.2, 0.25) is 5.28 Å². The minimum Gasteiger partial charge on any atom is -0.491 e. The minimum absolute atomic E-state index is 0.0239. The molecule has 1 amide bonds. The summed E-state index contributed by atoms with van der Waals surface area (Å²) in [5, 5.41) is 0.421. The molecular weight excluding hydrogens is 1080 g/mol.